The predicted molar refractivity (Wildman–Crippen MR) is 119 cm³/mol. The highest BCUT2D eigenvalue weighted by atomic mass is 19.1. The van der Waals surface area contributed by atoms with Gasteiger partial charge < -0.3 is 15.4 Å². The molecule has 32 heavy (non-hydrogen) atoms. The molecule has 0 radical (unpaired) electrons. The summed E-state index contributed by atoms with van der Waals surface area (Å²) in [6.07, 6.45) is 7.59. The van der Waals surface area contributed by atoms with E-state index in [1.807, 2.05) is 6.07 Å². The molecule has 9 heteroatoms. The summed E-state index contributed by atoms with van der Waals surface area (Å²) in [7, 11) is 0. The summed E-state index contributed by atoms with van der Waals surface area (Å²) in [6.45, 7) is 1.91. The topological polar surface area (TPSA) is 102 Å². The number of pyridine rings is 2. The molecule has 2 N–H and O–H groups in total. The van der Waals surface area contributed by atoms with Gasteiger partial charge in [0.2, 0.25) is 5.91 Å². The number of nitrogens with zero attached hydrogens (tertiary/aromatic N) is 4. The van der Waals surface area contributed by atoms with E-state index in [2.05, 4.69) is 30.6 Å². The summed E-state index contributed by atoms with van der Waals surface area (Å²) < 4.78 is 20.1. The van der Waals surface area contributed by atoms with Crippen LogP contribution in [0.2, 0.25) is 0 Å². The van der Waals surface area contributed by atoms with E-state index in [-0.39, 0.29) is 18.3 Å². The van der Waals surface area contributed by atoms with Crippen LogP contribution in [0.25, 0.3) is 10.9 Å². The Morgan fingerprint density at radius 1 is 1.12 bits per heavy atom. The number of nitrogens with one attached hydrogen (secondary N) is 2. The Kier molecular flexibility index (Phi) is 6.26. The molecule has 0 aliphatic heterocycles. The Balaban J connectivity index is 1.53. The summed E-state index contributed by atoms with van der Waals surface area (Å²) in [6, 6.07) is 11.6. The fourth-order valence-electron chi connectivity index (χ4n) is 2.91. The van der Waals surface area contributed by atoms with E-state index in [4.69, 9.17) is 4.74 Å². The smallest absolute Gasteiger partial charge is 0.249 e. The second kappa shape index (κ2) is 9.61. The average molecular weight is 430 g/mol. The van der Waals surface area contributed by atoms with Crippen molar-refractivity contribution in [2.75, 3.05) is 10.6 Å². The van der Waals surface area contributed by atoms with Crippen molar-refractivity contribution in [3.05, 3.63) is 84.8 Å². The van der Waals surface area contributed by atoms with Gasteiger partial charge in [-0.25, -0.2) is 19.3 Å². The van der Waals surface area contributed by atoms with Crippen LogP contribution in [0.5, 0.6) is 5.75 Å². The molecule has 8 nitrogen and oxygen atoms in total. The van der Waals surface area contributed by atoms with Crippen LogP contribution in [0, 0.1) is 5.82 Å². The van der Waals surface area contributed by atoms with E-state index in [0.29, 0.717) is 33.9 Å². The SMILES string of the molecule is C/C=C/C(=O)Nc1cc2c(Nc3ccc(OCc4ccccn4)c(F)c3)ncnc2cn1. The van der Waals surface area contributed by atoms with Crippen LogP contribution in [-0.4, -0.2) is 25.8 Å². The van der Waals surface area contributed by atoms with E-state index in [9.17, 15) is 9.18 Å². The van der Waals surface area contributed by atoms with Crippen LogP contribution in [0.15, 0.2) is 73.3 Å². The summed E-state index contributed by atoms with van der Waals surface area (Å²) >= 11 is 0. The monoisotopic (exact) mass is 430 g/mol. The minimum Gasteiger partial charge on any atom is -0.484 e. The zero-order valence-electron chi connectivity index (χ0n) is 17.1. The summed E-state index contributed by atoms with van der Waals surface area (Å²) in [5.41, 5.74) is 1.75. The normalized spacial score (nSPS) is 10.9. The number of rotatable bonds is 7. The second-order valence-corrected chi connectivity index (χ2v) is 6.68. The van der Waals surface area contributed by atoms with Crippen molar-refractivity contribution in [2.24, 2.45) is 0 Å². The maximum atomic E-state index is 14.6. The molecule has 0 fully saturated rings. The molecule has 1 amide bonds. The number of hydrogen-bond acceptors (Lipinski definition) is 7. The fourth-order valence-corrected chi connectivity index (χ4v) is 2.91. The second-order valence-electron chi connectivity index (χ2n) is 6.68. The minimum absolute atomic E-state index is 0.118. The lowest BCUT2D eigenvalue weighted by molar-refractivity contribution is -0.111. The van der Waals surface area contributed by atoms with Crippen molar-refractivity contribution in [1.29, 1.82) is 0 Å². The van der Waals surface area contributed by atoms with Crippen molar-refractivity contribution >= 4 is 34.1 Å². The number of halogens is 1. The molecule has 0 unspecified atom stereocenters. The molecule has 160 valence electrons. The molecule has 0 atom stereocenters. The zero-order chi connectivity index (χ0) is 22.3. The van der Waals surface area contributed by atoms with Gasteiger partial charge in [0.25, 0.3) is 0 Å². The maximum absolute atomic E-state index is 14.6. The number of hydrogen-bond donors (Lipinski definition) is 2. The summed E-state index contributed by atoms with van der Waals surface area (Å²) in [5.74, 6) is 0.0923. The van der Waals surface area contributed by atoms with E-state index in [0.717, 1.165) is 0 Å². The molecular formula is C23H19FN6O2. The minimum atomic E-state index is -0.523. The predicted octanol–water partition coefficient (Wildman–Crippen LogP) is 4.40. The number of carbonyl (C=O) groups excluding carboxylic acids is 1. The molecule has 3 aromatic heterocycles. The first-order valence-electron chi connectivity index (χ1n) is 9.76. The van der Waals surface area contributed by atoms with Crippen LogP contribution < -0.4 is 15.4 Å². The molecule has 0 spiro atoms. The average Bonchev–Trinajstić information content (AvgIpc) is 2.80. The van der Waals surface area contributed by atoms with E-state index < -0.39 is 5.82 Å². The number of allylic oxidation sites excluding steroid dienone is 1. The van der Waals surface area contributed by atoms with Gasteiger partial charge in [-0.2, -0.15) is 0 Å². The van der Waals surface area contributed by atoms with E-state index in [1.54, 1.807) is 43.5 Å². The van der Waals surface area contributed by atoms with Crippen molar-refractivity contribution in [3.63, 3.8) is 0 Å². The molecule has 4 rings (SSSR count). The third-order valence-electron chi connectivity index (χ3n) is 4.39. The van der Waals surface area contributed by atoms with Crippen LogP contribution in [0.1, 0.15) is 12.6 Å². The van der Waals surface area contributed by atoms with Crippen LogP contribution in [0.4, 0.5) is 21.7 Å². The molecule has 0 bridgehead atoms. The van der Waals surface area contributed by atoms with Crippen LogP contribution >= 0.6 is 0 Å². The Labute approximate surface area is 183 Å². The van der Waals surface area contributed by atoms with Crippen molar-refractivity contribution in [2.45, 2.75) is 13.5 Å². The number of carbonyl (C=O) groups is 1. The first-order chi connectivity index (χ1) is 15.6. The van der Waals surface area contributed by atoms with Crippen molar-refractivity contribution in [3.8, 4) is 5.75 Å². The number of amides is 1. The lowest BCUT2D eigenvalue weighted by Crippen LogP contribution is -2.09. The van der Waals surface area contributed by atoms with Gasteiger partial charge in [0, 0.05) is 23.3 Å². The first-order valence-corrected chi connectivity index (χ1v) is 9.76. The molecule has 0 aliphatic rings. The zero-order valence-corrected chi connectivity index (χ0v) is 17.1. The Bertz CT molecular complexity index is 1280. The fraction of sp³-hybridized carbons (Fsp3) is 0.0870. The lowest BCUT2D eigenvalue weighted by atomic mass is 10.2. The molecule has 3 heterocycles. The summed E-state index contributed by atoms with van der Waals surface area (Å²) in [4.78, 5) is 28.6. The van der Waals surface area contributed by atoms with Crippen molar-refractivity contribution < 1.29 is 13.9 Å². The third kappa shape index (κ3) is 5.01. The molecule has 4 aromatic rings. The maximum Gasteiger partial charge on any atom is 0.249 e. The van der Waals surface area contributed by atoms with Gasteiger partial charge in [-0.1, -0.05) is 12.1 Å². The lowest BCUT2D eigenvalue weighted by Gasteiger charge is -2.11. The Morgan fingerprint density at radius 2 is 2.03 bits per heavy atom. The van der Waals surface area contributed by atoms with Crippen LogP contribution in [0.3, 0.4) is 0 Å². The van der Waals surface area contributed by atoms with Crippen molar-refractivity contribution in [1.82, 2.24) is 19.9 Å². The van der Waals surface area contributed by atoms with E-state index >= 15 is 0 Å². The Hall–Kier alpha value is -4.40. The first kappa shape index (κ1) is 20.9. The molecule has 0 saturated carbocycles. The quantitative estimate of drug-likeness (QED) is 0.419. The number of ether oxygens (including phenoxy) is 1. The van der Waals surface area contributed by atoms with Gasteiger partial charge in [0.15, 0.2) is 11.6 Å². The third-order valence-corrected chi connectivity index (χ3v) is 4.39. The Morgan fingerprint density at radius 3 is 2.81 bits per heavy atom. The molecule has 0 saturated heterocycles. The van der Waals surface area contributed by atoms with Gasteiger partial charge in [-0.05, 0) is 43.3 Å². The van der Waals surface area contributed by atoms with E-state index in [1.165, 1.54) is 30.7 Å². The number of aromatic nitrogens is 4. The van der Waals surface area contributed by atoms with Gasteiger partial charge in [-0.15, -0.1) is 0 Å². The number of fused-ring (bicyclic) bond motifs is 1. The standard InChI is InChI=1S/C23H19FN6O2/c1-2-5-22(31)30-21-11-17-19(12-26-21)27-14-28-23(17)29-15-7-8-20(18(24)10-15)32-13-16-6-3-4-9-25-16/h2-12,14H,13H2,1H3,(H,26,30,31)(H,27,28,29)/b5-2+. The highest BCUT2D eigenvalue weighted by molar-refractivity contribution is 6.00. The molecular weight excluding hydrogens is 411 g/mol. The number of anilines is 3. The molecule has 0 aliphatic carbocycles. The van der Waals surface area contributed by atoms with Gasteiger partial charge in [0.05, 0.1) is 17.4 Å². The molecule has 1 aromatic carbocycles. The van der Waals surface area contributed by atoms with Gasteiger partial charge >= 0.3 is 0 Å². The summed E-state index contributed by atoms with van der Waals surface area (Å²) in [5, 5.41) is 6.37. The number of benzene rings is 1. The highest BCUT2D eigenvalue weighted by Crippen LogP contribution is 2.27. The van der Waals surface area contributed by atoms with Gasteiger partial charge in [-0.3, -0.25) is 9.78 Å². The van der Waals surface area contributed by atoms with Gasteiger partial charge in [0.1, 0.15) is 24.6 Å². The van der Waals surface area contributed by atoms with Crippen LogP contribution in [-0.2, 0) is 11.4 Å². The highest BCUT2D eigenvalue weighted by Gasteiger charge is 2.10. The largest absolute Gasteiger partial charge is 0.484 e.